The highest BCUT2D eigenvalue weighted by molar-refractivity contribution is 5.85. The summed E-state index contributed by atoms with van der Waals surface area (Å²) in [5.74, 6) is -1.98. The van der Waals surface area contributed by atoms with E-state index >= 15 is 0 Å². The van der Waals surface area contributed by atoms with Crippen LogP contribution in [0.3, 0.4) is 0 Å². The fourth-order valence-corrected chi connectivity index (χ4v) is 2.95. The van der Waals surface area contributed by atoms with Crippen molar-refractivity contribution in [3.63, 3.8) is 0 Å². The molecule has 0 bridgehead atoms. The lowest BCUT2D eigenvalue weighted by Gasteiger charge is -2.30. The summed E-state index contributed by atoms with van der Waals surface area (Å²) in [5, 5.41) is 12.4. The van der Waals surface area contributed by atoms with Gasteiger partial charge in [0.25, 0.3) is 0 Å². The number of amides is 1. The zero-order valence-electron chi connectivity index (χ0n) is 13.7. The van der Waals surface area contributed by atoms with Crippen molar-refractivity contribution < 1.29 is 14.7 Å². The van der Waals surface area contributed by atoms with E-state index in [0.29, 0.717) is 12.8 Å². The van der Waals surface area contributed by atoms with E-state index in [4.69, 9.17) is 0 Å². The van der Waals surface area contributed by atoms with Crippen LogP contribution in [-0.4, -0.2) is 23.0 Å². The molecule has 2 N–H and O–H groups in total. The number of carbonyl (C=O) groups excluding carboxylic acids is 1. The van der Waals surface area contributed by atoms with Crippen LogP contribution < -0.4 is 5.32 Å². The van der Waals surface area contributed by atoms with Gasteiger partial charge in [-0.25, -0.2) is 0 Å². The first-order valence-electron chi connectivity index (χ1n) is 8.05. The van der Waals surface area contributed by atoms with Crippen molar-refractivity contribution in [3.05, 3.63) is 11.1 Å². The van der Waals surface area contributed by atoms with E-state index in [1.807, 2.05) is 20.8 Å². The maximum absolute atomic E-state index is 12.4. The molecule has 0 fully saturated rings. The molecule has 4 nitrogen and oxygen atoms in total. The maximum Gasteiger partial charge on any atom is 0.307 e. The van der Waals surface area contributed by atoms with Gasteiger partial charge in [-0.3, -0.25) is 9.59 Å². The molecule has 0 unspecified atom stereocenters. The van der Waals surface area contributed by atoms with Crippen molar-refractivity contribution in [3.8, 4) is 0 Å². The lowest BCUT2D eigenvalue weighted by atomic mass is 9.76. The minimum atomic E-state index is -0.861. The molecule has 1 aliphatic rings. The topological polar surface area (TPSA) is 66.4 Å². The summed E-state index contributed by atoms with van der Waals surface area (Å²) in [6.07, 6.45) is 5.44. The SMILES string of the molecule is CCCCC[C@H](C)NC(=O)[C@@H]1CC(C)=C(C)C[C@H]1C(=O)O. The molecule has 0 saturated heterocycles. The minimum Gasteiger partial charge on any atom is -0.481 e. The van der Waals surface area contributed by atoms with Crippen LogP contribution in [0.4, 0.5) is 0 Å². The fraction of sp³-hybridized carbons (Fsp3) is 0.765. The molecule has 0 saturated carbocycles. The third-order valence-electron chi connectivity index (χ3n) is 4.55. The normalized spacial score (nSPS) is 23.8. The molecule has 0 spiro atoms. The molecule has 0 aromatic carbocycles. The van der Waals surface area contributed by atoms with Gasteiger partial charge in [0, 0.05) is 6.04 Å². The third-order valence-corrected chi connectivity index (χ3v) is 4.55. The highest BCUT2D eigenvalue weighted by Crippen LogP contribution is 2.34. The van der Waals surface area contributed by atoms with Gasteiger partial charge in [-0.1, -0.05) is 37.3 Å². The van der Waals surface area contributed by atoms with Gasteiger partial charge >= 0.3 is 5.97 Å². The number of aliphatic carboxylic acids is 1. The summed E-state index contributed by atoms with van der Waals surface area (Å²) >= 11 is 0. The van der Waals surface area contributed by atoms with Crippen LogP contribution in [0.2, 0.25) is 0 Å². The standard InChI is InChI=1S/C17H29NO3/c1-5-6-7-8-13(4)18-16(19)14-9-11(2)12(3)10-15(14)17(20)21/h13-15H,5-10H2,1-4H3,(H,18,19)(H,20,21)/t13-,14+,15+/m0/s1. The number of carboxylic acids is 1. The molecule has 0 heterocycles. The van der Waals surface area contributed by atoms with Gasteiger partial charge in [-0.2, -0.15) is 0 Å². The van der Waals surface area contributed by atoms with Gasteiger partial charge in [0.2, 0.25) is 5.91 Å². The Kier molecular flexibility index (Phi) is 6.93. The van der Waals surface area contributed by atoms with Crippen LogP contribution in [0.5, 0.6) is 0 Å². The number of hydrogen-bond donors (Lipinski definition) is 2. The summed E-state index contributed by atoms with van der Waals surface area (Å²) in [6.45, 7) is 8.12. The smallest absolute Gasteiger partial charge is 0.307 e. The monoisotopic (exact) mass is 295 g/mol. The number of rotatable bonds is 7. The van der Waals surface area contributed by atoms with Gasteiger partial charge < -0.3 is 10.4 Å². The van der Waals surface area contributed by atoms with E-state index < -0.39 is 17.8 Å². The molecule has 0 aromatic heterocycles. The molecule has 0 aromatic rings. The van der Waals surface area contributed by atoms with Crippen molar-refractivity contribution in [1.82, 2.24) is 5.32 Å². The first-order valence-corrected chi connectivity index (χ1v) is 8.05. The zero-order valence-corrected chi connectivity index (χ0v) is 13.7. The van der Waals surface area contributed by atoms with Crippen LogP contribution in [0.25, 0.3) is 0 Å². The van der Waals surface area contributed by atoms with Crippen molar-refractivity contribution in [2.24, 2.45) is 11.8 Å². The van der Waals surface area contributed by atoms with Crippen LogP contribution in [-0.2, 0) is 9.59 Å². The van der Waals surface area contributed by atoms with Gasteiger partial charge in [0.05, 0.1) is 11.8 Å². The van der Waals surface area contributed by atoms with E-state index in [-0.39, 0.29) is 11.9 Å². The summed E-state index contributed by atoms with van der Waals surface area (Å²) < 4.78 is 0. The molecule has 3 atom stereocenters. The number of unbranched alkanes of at least 4 members (excludes halogenated alkanes) is 2. The van der Waals surface area contributed by atoms with E-state index in [9.17, 15) is 14.7 Å². The number of carboxylic acid groups (broad SMARTS) is 1. The van der Waals surface area contributed by atoms with E-state index in [1.54, 1.807) is 0 Å². The van der Waals surface area contributed by atoms with Crippen molar-refractivity contribution in [2.45, 2.75) is 72.3 Å². The van der Waals surface area contributed by atoms with E-state index in [0.717, 1.165) is 30.4 Å². The maximum atomic E-state index is 12.4. The van der Waals surface area contributed by atoms with Gasteiger partial charge in [0.1, 0.15) is 0 Å². The molecule has 21 heavy (non-hydrogen) atoms. The number of allylic oxidation sites excluding steroid dienone is 2. The average molecular weight is 295 g/mol. The first-order chi connectivity index (χ1) is 9.86. The van der Waals surface area contributed by atoms with Crippen LogP contribution >= 0.6 is 0 Å². The average Bonchev–Trinajstić information content (AvgIpc) is 2.41. The fourth-order valence-electron chi connectivity index (χ4n) is 2.95. The third kappa shape index (κ3) is 5.18. The quantitative estimate of drug-likeness (QED) is 0.558. The largest absolute Gasteiger partial charge is 0.481 e. The Hall–Kier alpha value is -1.32. The Balaban J connectivity index is 2.64. The minimum absolute atomic E-state index is 0.0988. The number of hydrogen-bond acceptors (Lipinski definition) is 2. The molecule has 1 rings (SSSR count). The second-order valence-corrected chi connectivity index (χ2v) is 6.43. The Bertz CT molecular complexity index is 414. The Morgan fingerprint density at radius 3 is 2.29 bits per heavy atom. The summed E-state index contributed by atoms with van der Waals surface area (Å²) in [4.78, 5) is 23.8. The van der Waals surface area contributed by atoms with E-state index in [2.05, 4.69) is 12.2 Å². The molecule has 120 valence electrons. The van der Waals surface area contributed by atoms with Gasteiger partial charge in [0.15, 0.2) is 0 Å². The van der Waals surface area contributed by atoms with Crippen LogP contribution in [0, 0.1) is 11.8 Å². The summed E-state index contributed by atoms with van der Waals surface area (Å²) in [7, 11) is 0. The molecule has 0 aliphatic heterocycles. The second-order valence-electron chi connectivity index (χ2n) is 6.43. The van der Waals surface area contributed by atoms with Crippen LogP contribution in [0.15, 0.2) is 11.1 Å². The first kappa shape index (κ1) is 17.7. The van der Waals surface area contributed by atoms with Gasteiger partial charge in [-0.15, -0.1) is 0 Å². The highest BCUT2D eigenvalue weighted by atomic mass is 16.4. The summed E-state index contributed by atoms with van der Waals surface area (Å²) in [6, 6.07) is 0.116. The number of carbonyl (C=O) groups is 2. The lowest BCUT2D eigenvalue weighted by molar-refractivity contribution is -0.147. The number of nitrogens with one attached hydrogen (secondary N) is 1. The second kappa shape index (κ2) is 8.20. The predicted molar refractivity (Wildman–Crippen MR) is 84.0 cm³/mol. The lowest BCUT2D eigenvalue weighted by Crippen LogP contribution is -2.43. The van der Waals surface area contributed by atoms with Crippen molar-refractivity contribution in [1.29, 1.82) is 0 Å². The molecule has 0 radical (unpaired) electrons. The Labute approximate surface area is 128 Å². The Morgan fingerprint density at radius 2 is 1.76 bits per heavy atom. The van der Waals surface area contributed by atoms with Crippen molar-refractivity contribution >= 4 is 11.9 Å². The van der Waals surface area contributed by atoms with Crippen molar-refractivity contribution in [2.75, 3.05) is 0 Å². The summed E-state index contributed by atoms with van der Waals surface area (Å²) in [5.41, 5.74) is 2.27. The molecular formula is C17H29NO3. The predicted octanol–water partition coefficient (Wildman–Crippen LogP) is 3.52. The zero-order chi connectivity index (χ0) is 16.0. The molecule has 1 aliphatic carbocycles. The molecular weight excluding hydrogens is 266 g/mol. The van der Waals surface area contributed by atoms with Crippen LogP contribution in [0.1, 0.15) is 66.2 Å². The Morgan fingerprint density at radius 1 is 1.19 bits per heavy atom. The highest BCUT2D eigenvalue weighted by Gasteiger charge is 2.37. The van der Waals surface area contributed by atoms with E-state index in [1.165, 1.54) is 6.42 Å². The molecule has 1 amide bonds. The molecule has 4 heteroatoms. The van der Waals surface area contributed by atoms with Gasteiger partial charge in [-0.05, 0) is 40.0 Å².